The first-order valence-corrected chi connectivity index (χ1v) is 5.84. The fraction of sp³-hybridized carbons (Fsp3) is 0.429. The molecule has 0 bridgehead atoms. The van der Waals surface area contributed by atoms with Crippen molar-refractivity contribution in [1.29, 1.82) is 0 Å². The molecular weight excluding hydrogens is 232 g/mol. The lowest BCUT2D eigenvalue weighted by molar-refractivity contribution is -0.131. The average molecular weight is 248 g/mol. The number of carboxylic acid groups (broad SMARTS) is 1. The number of fused-ring (bicyclic) bond motifs is 1. The Labute approximate surface area is 105 Å². The van der Waals surface area contributed by atoms with Gasteiger partial charge in [-0.15, -0.1) is 0 Å². The molecule has 1 saturated carbocycles. The highest BCUT2D eigenvalue weighted by atomic mass is 16.4. The maximum atomic E-state index is 11.5. The Morgan fingerprint density at radius 1 is 1.56 bits per heavy atom. The van der Waals surface area contributed by atoms with Gasteiger partial charge in [0.1, 0.15) is 5.60 Å². The Kier molecular flexibility index (Phi) is 2.78. The SMILES string of the molecule is CC(=C/C(=O)O)/C=C/[C@@]1(O)C=CC(=O)[C@@H]2C[C@@]21C. The minimum absolute atomic E-state index is 0.0633. The topological polar surface area (TPSA) is 74.6 Å². The van der Waals surface area contributed by atoms with E-state index in [2.05, 4.69) is 0 Å². The van der Waals surface area contributed by atoms with Crippen molar-refractivity contribution in [2.45, 2.75) is 25.9 Å². The number of ketones is 1. The van der Waals surface area contributed by atoms with Gasteiger partial charge in [-0.1, -0.05) is 13.0 Å². The van der Waals surface area contributed by atoms with Crippen molar-refractivity contribution in [2.75, 3.05) is 0 Å². The summed E-state index contributed by atoms with van der Waals surface area (Å²) in [5, 5.41) is 19.1. The molecule has 2 N–H and O–H groups in total. The van der Waals surface area contributed by atoms with E-state index in [0.29, 0.717) is 12.0 Å². The van der Waals surface area contributed by atoms with E-state index in [4.69, 9.17) is 5.11 Å². The maximum Gasteiger partial charge on any atom is 0.328 e. The van der Waals surface area contributed by atoms with Gasteiger partial charge in [0.05, 0.1) is 0 Å². The van der Waals surface area contributed by atoms with Crippen molar-refractivity contribution in [2.24, 2.45) is 11.3 Å². The minimum Gasteiger partial charge on any atom is -0.478 e. The highest BCUT2D eigenvalue weighted by Crippen LogP contribution is 2.62. The van der Waals surface area contributed by atoms with Gasteiger partial charge in [-0.3, -0.25) is 4.79 Å². The number of hydrogen-bond donors (Lipinski definition) is 2. The highest BCUT2D eigenvalue weighted by Gasteiger charge is 2.65. The molecular formula is C14H16O4. The highest BCUT2D eigenvalue weighted by molar-refractivity contribution is 5.96. The van der Waals surface area contributed by atoms with E-state index in [0.717, 1.165) is 6.08 Å². The maximum absolute atomic E-state index is 11.5. The zero-order valence-corrected chi connectivity index (χ0v) is 10.4. The molecule has 0 heterocycles. The molecule has 2 aliphatic rings. The molecule has 0 aromatic carbocycles. The largest absolute Gasteiger partial charge is 0.478 e. The fourth-order valence-corrected chi connectivity index (χ4v) is 2.49. The smallest absolute Gasteiger partial charge is 0.328 e. The number of carboxylic acids is 1. The van der Waals surface area contributed by atoms with Crippen LogP contribution in [-0.2, 0) is 9.59 Å². The van der Waals surface area contributed by atoms with Crippen molar-refractivity contribution in [3.05, 3.63) is 36.0 Å². The second kappa shape index (κ2) is 3.92. The minimum atomic E-state index is -1.17. The predicted molar refractivity (Wildman–Crippen MR) is 65.8 cm³/mol. The Bertz CT molecular complexity index is 500. The first-order valence-electron chi connectivity index (χ1n) is 5.84. The number of aliphatic carboxylic acids is 1. The summed E-state index contributed by atoms with van der Waals surface area (Å²) < 4.78 is 0. The predicted octanol–water partition coefficient (Wildman–Crippen LogP) is 1.47. The van der Waals surface area contributed by atoms with E-state index in [1.165, 1.54) is 12.2 Å². The molecule has 0 unspecified atom stereocenters. The number of hydrogen-bond acceptors (Lipinski definition) is 3. The number of allylic oxidation sites excluding steroid dienone is 3. The Morgan fingerprint density at radius 3 is 2.83 bits per heavy atom. The first-order chi connectivity index (χ1) is 8.28. The van der Waals surface area contributed by atoms with Crippen LogP contribution in [0.25, 0.3) is 0 Å². The molecule has 0 aromatic rings. The number of rotatable bonds is 3. The molecule has 4 nitrogen and oxygen atoms in total. The molecule has 3 atom stereocenters. The van der Waals surface area contributed by atoms with Gasteiger partial charge in [-0.25, -0.2) is 4.79 Å². The normalized spacial score (nSPS) is 38.9. The molecule has 96 valence electrons. The van der Waals surface area contributed by atoms with Gasteiger partial charge in [0.25, 0.3) is 0 Å². The first kappa shape index (κ1) is 12.8. The molecule has 0 saturated heterocycles. The van der Waals surface area contributed by atoms with Gasteiger partial charge >= 0.3 is 5.97 Å². The lowest BCUT2D eigenvalue weighted by Crippen LogP contribution is -2.38. The zero-order chi connectivity index (χ0) is 13.6. The molecule has 2 rings (SSSR count). The molecule has 2 aliphatic carbocycles. The standard InChI is InChI=1S/C14H16O4/c1-9(7-12(16)17)3-5-14(18)6-4-11(15)10-8-13(10,14)2/h3-7,10,18H,8H2,1-2H3,(H,16,17)/b5-3+,9-7-/t10-,13-,14+/m0/s1. The monoisotopic (exact) mass is 248 g/mol. The summed E-state index contributed by atoms with van der Waals surface area (Å²) in [5.41, 5.74) is -1.07. The van der Waals surface area contributed by atoms with Crippen LogP contribution in [0.15, 0.2) is 36.0 Å². The van der Waals surface area contributed by atoms with E-state index in [-0.39, 0.29) is 11.7 Å². The fourth-order valence-electron chi connectivity index (χ4n) is 2.49. The lowest BCUT2D eigenvalue weighted by Gasteiger charge is -2.31. The van der Waals surface area contributed by atoms with Gasteiger partial charge in [-0.05, 0) is 37.1 Å². The van der Waals surface area contributed by atoms with Crippen LogP contribution in [0.1, 0.15) is 20.3 Å². The summed E-state index contributed by atoms with van der Waals surface area (Å²) in [6.45, 7) is 3.53. The molecule has 0 radical (unpaired) electrons. The molecule has 0 aliphatic heterocycles. The van der Waals surface area contributed by atoms with Crippen LogP contribution >= 0.6 is 0 Å². The Morgan fingerprint density at radius 2 is 2.22 bits per heavy atom. The van der Waals surface area contributed by atoms with Gasteiger partial charge in [0.15, 0.2) is 5.78 Å². The van der Waals surface area contributed by atoms with Crippen molar-refractivity contribution >= 4 is 11.8 Å². The van der Waals surface area contributed by atoms with E-state index in [9.17, 15) is 14.7 Å². The second-order valence-corrected chi connectivity index (χ2v) is 5.30. The van der Waals surface area contributed by atoms with Gasteiger partial charge in [0.2, 0.25) is 0 Å². The summed E-state index contributed by atoms with van der Waals surface area (Å²) in [7, 11) is 0. The van der Waals surface area contributed by atoms with Gasteiger partial charge < -0.3 is 10.2 Å². The lowest BCUT2D eigenvalue weighted by atomic mass is 9.78. The molecule has 18 heavy (non-hydrogen) atoms. The molecule has 0 aromatic heterocycles. The van der Waals surface area contributed by atoms with Crippen LogP contribution in [0, 0.1) is 11.3 Å². The van der Waals surface area contributed by atoms with Crippen LogP contribution in [0.4, 0.5) is 0 Å². The van der Waals surface area contributed by atoms with Crippen LogP contribution in [0.3, 0.4) is 0 Å². The molecule has 0 spiro atoms. The summed E-state index contributed by atoms with van der Waals surface area (Å²) in [4.78, 5) is 22.0. The third-order valence-corrected chi connectivity index (χ3v) is 3.95. The van der Waals surface area contributed by atoms with Crippen molar-refractivity contribution < 1.29 is 19.8 Å². The number of aliphatic hydroxyl groups is 1. The van der Waals surface area contributed by atoms with E-state index in [1.807, 2.05) is 6.92 Å². The van der Waals surface area contributed by atoms with Crippen molar-refractivity contribution in [1.82, 2.24) is 0 Å². The van der Waals surface area contributed by atoms with Crippen LogP contribution in [0.2, 0.25) is 0 Å². The van der Waals surface area contributed by atoms with Gasteiger partial charge in [0, 0.05) is 17.4 Å². The van der Waals surface area contributed by atoms with E-state index >= 15 is 0 Å². The average Bonchev–Trinajstić information content (AvgIpc) is 2.96. The quantitative estimate of drug-likeness (QED) is 0.586. The third-order valence-electron chi connectivity index (χ3n) is 3.95. The zero-order valence-electron chi connectivity index (χ0n) is 10.4. The number of carbonyl (C=O) groups is 2. The van der Waals surface area contributed by atoms with Crippen LogP contribution in [-0.4, -0.2) is 27.6 Å². The summed E-state index contributed by atoms with van der Waals surface area (Å²) >= 11 is 0. The van der Waals surface area contributed by atoms with Crippen LogP contribution < -0.4 is 0 Å². The van der Waals surface area contributed by atoms with Gasteiger partial charge in [-0.2, -0.15) is 0 Å². The Balaban J connectivity index is 2.23. The van der Waals surface area contributed by atoms with E-state index in [1.54, 1.807) is 19.1 Å². The summed E-state index contributed by atoms with van der Waals surface area (Å²) in [6.07, 6.45) is 7.81. The van der Waals surface area contributed by atoms with Crippen molar-refractivity contribution in [3.8, 4) is 0 Å². The van der Waals surface area contributed by atoms with E-state index < -0.39 is 17.0 Å². The Hall–Kier alpha value is -1.68. The van der Waals surface area contributed by atoms with Crippen LogP contribution in [0.5, 0.6) is 0 Å². The molecule has 0 amide bonds. The summed E-state index contributed by atoms with van der Waals surface area (Å²) in [6, 6.07) is 0. The third kappa shape index (κ3) is 1.93. The molecule has 4 heteroatoms. The second-order valence-electron chi connectivity index (χ2n) is 5.30. The van der Waals surface area contributed by atoms with Crippen molar-refractivity contribution in [3.63, 3.8) is 0 Å². The molecule has 1 fully saturated rings. The number of carbonyl (C=O) groups excluding carboxylic acids is 1. The summed E-state index contributed by atoms with van der Waals surface area (Å²) in [5.74, 6) is -1.07.